The molecule has 2 atom stereocenters. The van der Waals surface area contributed by atoms with Crippen molar-refractivity contribution in [2.75, 3.05) is 26.4 Å². The van der Waals surface area contributed by atoms with Crippen molar-refractivity contribution in [3.05, 3.63) is 54.1 Å². The third-order valence-corrected chi connectivity index (χ3v) is 8.51. The van der Waals surface area contributed by atoms with Gasteiger partial charge in [-0.1, -0.05) is 44.2 Å². The largest absolute Gasteiger partial charge is 0.465 e. The van der Waals surface area contributed by atoms with E-state index in [1.54, 1.807) is 24.3 Å². The van der Waals surface area contributed by atoms with Gasteiger partial charge in [0.1, 0.15) is 0 Å². The Bertz CT molecular complexity index is 1270. The molecule has 0 radical (unpaired) electrons. The normalized spacial score (nSPS) is 14.6. The summed E-state index contributed by atoms with van der Waals surface area (Å²) in [5.41, 5.74) is 0.193. The van der Waals surface area contributed by atoms with E-state index in [1.807, 2.05) is 19.9 Å². The number of fused-ring (bicyclic) bond motifs is 1. The molecule has 0 saturated carbocycles. The molecule has 2 aromatic rings. The minimum atomic E-state index is -4.17. The van der Waals surface area contributed by atoms with Gasteiger partial charge in [0.2, 0.25) is 22.7 Å². The van der Waals surface area contributed by atoms with Crippen molar-refractivity contribution in [2.24, 2.45) is 11.3 Å². The second-order valence-electron chi connectivity index (χ2n) is 10.6. The van der Waals surface area contributed by atoms with E-state index in [4.69, 9.17) is 15.3 Å². The lowest BCUT2D eigenvalue weighted by Gasteiger charge is -2.35. The van der Waals surface area contributed by atoms with Gasteiger partial charge in [0.15, 0.2) is 11.5 Å². The first-order valence-electron chi connectivity index (χ1n) is 12.9. The summed E-state index contributed by atoms with van der Waals surface area (Å²) in [6, 6.07) is 12.3. The number of carboxylic acid groups (broad SMARTS) is 1. The molecule has 0 bridgehead atoms. The minimum absolute atomic E-state index is 0.0105. The molecule has 12 nitrogen and oxygen atoms in total. The van der Waals surface area contributed by atoms with E-state index < -0.39 is 33.7 Å². The summed E-state index contributed by atoms with van der Waals surface area (Å²) in [5.74, 6) is 6.15. The highest BCUT2D eigenvalue weighted by Gasteiger charge is 2.35. The first-order valence-corrected chi connectivity index (χ1v) is 14.4. The van der Waals surface area contributed by atoms with Crippen LogP contribution in [0.4, 0.5) is 4.79 Å². The van der Waals surface area contributed by atoms with E-state index >= 15 is 0 Å². The van der Waals surface area contributed by atoms with Crippen LogP contribution in [0.2, 0.25) is 0 Å². The molecule has 0 saturated heterocycles. The van der Waals surface area contributed by atoms with Gasteiger partial charge in [0, 0.05) is 32.6 Å². The topological polar surface area (TPSA) is 172 Å². The van der Waals surface area contributed by atoms with Crippen LogP contribution in [0.3, 0.4) is 0 Å². The van der Waals surface area contributed by atoms with Crippen molar-refractivity contribution in [1.29, 1.82) is 0 Å². The number of sulfonamides is 1. The van der Waals surface area contributed by atoms with Crippen molar-refractivity contribution >= 4 is 22.0 Å². The number of nitrogens with one attached hydrogen (secondary N) is 1. The highest BCUT2D eigenvalue weighted by atomic mass is 32.2. The highest BCUT2D eigenvalue weighted by Crippen LogP contribution is 2.35. The number of hydrogen-bond donors (Lipinski definition) is 4. The van der Waals surface area contributed by atoms with Crippen molar-refractivity contribution in [3.8, 4) is 11.5 Å². The number of rotatable bonds is 14. The Hall–Kier alpha value is -3.39. The molecular formula is C27H38N4O8S. The van der Waals surface area contributed by atoms with Crippen LogP contribution in [0.25, 0.3) is 0 Å². The van der Waals surface area contributed by atoms with Crippen molar-refractivity contribution < 1.29 is 37.7 Å². The van der Waals surface area contributed by atoms with Gasteiger partial charge in [-0.2, -0.15) is 4.31 Å². The quantitative estimate of drug-likeness (QED) is 0.149. The molecule has 5 N–H and O–H groups in total. The summed E-state index contributed by atoms with van der Waals surface area (Å²) >= 11 is 0. The molecule has 0 unspecified atom stereocenters. The number of hydrazine groups is 1. The molecular weight excluding hydrogens is 540 g/mol. The van der Waals surface area contributed by atoms with Crippen molar-refractivity contribution in [1.82, 2.24) is 14.6 Å². The molecule has 0 fully saturated rings. The zero-order valence-corrected chi connectivity index (χ0v) is 23.8. The van der Waals surface area contributed by atoms with Crippen LogP contribution in [0.15, 0.2) is 53.4 Å². The standard InChI is InChI=1S/C27H38N4O8S/c1-19(32)31(28)13-7-12-27(2,3)17-30(40(36,37)21-10-11-24-25(15-21)39-18-38-24)16-23(33)22(29-26(34)35)14-20-8-5-4-6-9-20/h4-6,8-11,15,22-23,29,33H,7,12-14,16-18,28H2,1-3H3,(H,34,35)/t22-,23+/m0/s1. The van der Waals surface area contributed by atoms with E-state index in [2.05, 4.69) is 5.32 Å². The lowest BCUT2D eigenvalue weighted by Crippen LogP contribution is -2.51. The molecule has 3 rings (SSSR count). The lowest BCUT2D eigenvalue weighted by molar-refractivity contribution is -0.129. The fourth-order valence-electron chi connectivity index (χ4n) is 4.52. The number of carbonyl (C=O) groups excluding carboxylic acids is 1. The van der Waals surface area contributed by atoms with Gasteiger partial charge in [0.25, 0.3) is 0 Å². The van der Waals surface area contributed by atoms with Crippen LogP contribution in [-0.2, 0) is 21.2 Å². The molecule has 0 spiro atoms. The Labute approximate surface area is 234 Å². The maximum atomic E-state index is 13.9. The van der Waals surface area contributed by atoms with E-state index in [1.165, 1.54) is 29.4 Å². The number of nitrogens with zero attached hydrogens (tertiary/aromatic N) is 2. The van der Waals surface area contributed by atoms with E-state index in [0.717, 1.165) is 10.6 Å². The monoisotopic (exact) mass is 578 g/mol. The lowest BCUT2D eigenvalue weighted by atomic mass is 9.87. The van der Waals surface area contributed by atoms with Crippen molar-refractivity contribution in [2.45, 2.75) is 57.1 Å². The average molecular weight is 579 g/mol. The highest BCUT2D eigenvalue weighted by molar-refractivity contribution is 7.89. The Morgan fingerprint density at radius 2 is 1.80 bits per heavy atom. The second-order valence-corrected chi connectivity index (χ2v) is 12.5. The SMILES string of the molecule is CC(=O)N(N)CCCC(C)(C)CN(C[C@@H](O)[C@H](Cc1ccccc1)NC(=O)O)S(=O)(=O)c1ccc2c(c1)OCO2. The smallest absolute Gasteiger partial charge is 0.404 e. The van der Waals surface area contributed by atoms with Gasteiger partial charge in [-0.3, -0.25) is 9.80 Å². The van der Waals surface area contributed by atoms with Crippen LogP contribution in [0, 0.1) is 5.41 Å². The maximum absolute atomic E-state index is 13.9. The van der Waals surface area contributed by atoms with Gasteiger partial charge in [-0.05, 0) is 42.4 Å². The zero-order chi connectivity index (χ0) is 29.5. The summed E-state index contributed by atoms with van der Waals surface area (Å²) in [7, 11) is -4.17. The molecule has 1 aliphatic heterocycles. The van der Waals surface area contributed by atoms with Gasteiger partial charge in [-0.15, -0.1) is 0 Å². The fraction of sp³-hybridized carbons (Fsp3) is 0.481. The molecule has 13 heteroatoms. The summed E-state index contributed by atoms with van der Waals surface area (Å²) in [5, 5.41) is 24.1. The average Bonchev–Trinajstić information content (AvgIpc) is 3.36. The molecule has 2 aromatic carbocycles. The first-order chi connectivity index (χ1) is 18.8. The Morgan fingerprint density at radius 3 is 2.45 bits per heavy atom. The molecule has 0 aliphatic carbocycles. The first kappa shape index (κ1) is 31.1. The molecule has 2 amide bonds. The number of ether oxygens (including phenoxy) is 2. The van der Waals surface area contributed by atoms with Crippen molar-refractivity contribution in [3.63, 3.8) is 0 Å². The van der Waals surface area contributed by atoms with Gasteiger partial charge < -0.3 is 25.0 Å². The fourth-order valence-corrected chi connectivity index (χ4v) is 6.18. The summed E-state index contributed by atoms with van der Waals surface area (Å²) < 4.78 is 39.7. The number of hydrogen-bond acceptors (Lipinski definition) is 8. The van der Waals surface area contributed by atoms with Gasteiger partial charge >= 0.3 is 6.09 Å². The summed E-state index contributed by atoms with van der Waals surface area (Å²) in [6.45, 7) is 5.06. The molecule has 1 aliphatic rings. The second kappa shape index (κ2) is 13.3. The van der Waals surface area contributed by atoms with Crippen LogP contribution >= 0.6 is 0 Å². The number of aliphatic hydroxyl groups excluding tert-OH is 1. The van der Waals surface area contributed by atoms with Crippen LogP contribution in [-0.4, -0.2) is 78.5 Å². The van der Waals surface area contributed by atoms with E-state index in [9.17, 15) is 28.2 Å². The Balaban J connectivity index is 1.87. The van der Waals surface area contributed by atoms with Crippen LogP contribution < -0.4 is 20.6 Å². The van der Waals surface area contributed by atoms with E-state index in [0.29, 0.717) is 30.9 Å². The van der Waals surface area contributed by atoms with Crippen LogP contribution in [0.5, 0.6) is 11.5 Å². The van der Waals surface area contributed by atoms with E-state index in [-0.39, 0.29) is 37.1 Å². The summed E-state index contributed by atoms with van der Waals surface area (Å²) in [6.07, 6.45) is -1.48. The number of aliphatic hydroxyl groups is 1. The number of nitrogens with two attached hydrogens (primary N) is 1. The number of amides is 2. The predicted molar refractivity (Wildman–Crippen MR) is 147 cm³/mol. The van der Waals surface area contributed by atoms with Gasteiger partial charge in [0.05, 0.1) is 17.0 Å². The molecule has 1 heterocycles. The number of benzene rings is 2. The molecule has 40 heavy (non-hydrogen) atoms. The molecule has 220 valence electrons. The Morgan fingerprint density at radius 1 is 1.12 bits per heavy atom. The third kappa shape index (κ3) is 8.55. The zero-order valence-electron chi connectivity index (χ0n) is 22.9. The molecule has 0 aromatic heterocycles. The van der Waals surface area contributed by atoms with Gasteiger partial charge in [-0.25, -0.2) is 19.1 Å². The maximum Gasteiger partial charge on any atom is 0.404 e. The Kier molecular flexibility index (Phi) is 10.4. The number of carbonyl (C=O) groups is 2. The summed E-state index contributed by atoms with van der Waals surface area (Å²) in [4.78, 5) is 23.0. The third-order valence-electron chi connectivity index (χ3n) is 6.71. The van der Waals surface area contributed by atoms with Crippen LogP contribution in [0.1, 0.15) is 39.2 Å². The minimum Gasteiger partial charge on any atom is -0.465 e. The predicted octanol–water partition coefficient (Wildman–Crippen LogP) is 2.17.